The van der Waals surface area contributed by atoms with Crippen LogP contribution in [0.2, 0.25) is 0 Å². The van der Waals surface area contributed by atoms with E-state index in [0.717, 1.165) is 12.8 Å². The Morgan fingerprint density at radius 2 is 1.23 bits per heavy atom. The van der Waals surface area contributed by atoms with Gasteiger partial charge in [-0.05, 0) is 19.8 Å². The van der Waals surface area contributed by atoms with Crippen LogP contribution in [-0.2, 0) is 38.0 Å². The van der Waals surface area contributed by atoms with Crippen molar-refractivity contribution in [2.24, 2.45) is 10.8 Å². The summed E-state index contributed by atoms with van der Waals surface area (Å²) in [6.45, 7) is 18.0. The zero-order valence-corrected chi connectivity index (χ0v) is 19.2. The molecule has 2 heterocycles. The first-order valence-electron chi connectivity index (χ1n) is 10.7. The van der Waals surface area contributed by atoms with Gasteiger partial charge >= 0.3 is 11.9 Å². The first-order chi connectivity index (χ1) is 14.8. The van der Waals surface area contributed by atoms with E-state index in [0.29, 0.717) is 71.6 Å². The molecule has 31 heavy (non-hydrogen) atoms. The Morgan fingerprint density at radius 3 is 1.55 bits per heavy atom. The molecule has 0 unspecified atom stereocenters. The predicted molar refractivity (Wildman–Crippen MR) is 116 cm³/mol. The number of carbonyl (C=O) groups excluding carboxylic acids is 2. The number of ether oxygens (including phenoxy) is 6. The van der Waals surface area contributed by atoms with E-state index in [1.807, 2.05) is 13.8 Å². The van der Waals surface area contributed by atoms with Gasteiger partial charge in [-0.15, -0.1) is 0 Å². The number of esters is 2. The van der Waals surface area contributed by atoms with Crippen LogP contribution in [0.3, 0.4) is 0 Å². The smallest absolute Gasteiger partial charge is 0.333 e. The molecule has 0 aromatic carbocycles. The highest BCUT2D eigenvalue weighted by atomic mass is 16.6. The van der Waals surface area contributed by atoms with Gasteiger partial charge in [0.2, 0.25) is 0 Å². The van der Waals surface area contributed by atoms with Crippen molar-refractivity contribution in [1.29, 1.82) is 0 Å². The molecule has 2 rings (SSSR count). The zero-order chi connectivity index (χ0) is 23.2. The van der Waals surface area contributed by atoms with Crippen LogP contribution in [0.15, 0.2) is 24.8 Å². The van der Waals surface area contributed by atoms with Gasteiger partial charge in [-0.25, -0.2) is 9.59 Å². The Labute approximate surface area is 185 Å². The molecule has 0 bridgehead atoms. The largest absolute Gasteiger partial charge is 0.462 e. The fourth-order valence-corrected chi connectivity index (χ4v) is 2.88. The first kappa shape index (κ1) is 27.3. The summed E-state index contributed by atoms with van der Waals surface area (Å²) in [4.78, 5) is 22.3. The van der Waals surface area contributed by atoms with Crippen LogP contribution in [-0.4, -0.2) is 78.0 Å². The van der Waals surface area contributed by atoms with Crippen molar-refractivity contribution in [3.8, 4) is 0 Å². The summed E-state index contributed by atoms with van der Waals surface area (Å²) in [5.41, 5.74) is 0.0123. The van der Waals surface area contributed by atoms with Gasteiger partial charge in [0, 0.05) is 11.6 Å². The van der Waals surface area contributed by atoms with E-state index in [1.165, 1.54) is 6.08 Å². The van der Waals surface area contributed by atoms with Crippen molar-refractivity contribution in [1.82, 2.24) is 0 Å². The molecule has 0 spiro atoms. The normalized spacial score (nSPS) is 20.1. The fourth-order valence-electron chi connectivity index (χ4n) is 2.88. The van der Waals surface area contributed by atoms with E-state index >= 15 is 0 Å². The van der Waals surface area contributed by atoms with Crippen LogP contribution >= 0.6 is 0 Å². The minimum absolute atomic E-state index is 0.199. The predicted octanol–water partition coefficient (Wildman–Crippen LogP) is 2.71. The van der Waals surface area contributed by atoms with Gasteiger partial charge in [0.15, 0.2) is 0 Å². The molecule has 0 amide bonds. The molecular weight excluding hydrogens is 404 g/mol. The third-order valence-electron chi connectivity index (χ3n) is 5.42. The van der Waals surface area contributed by atoms with Crippen molar-refractivity contribution in [2.45, 2.75) is 33.6 Å². The van der Waals surface area contributed by atoms with Gasteiger partial charge < -0.3 is 28.4 Å². The minimum atomic E-state index is -0.396. The van der Waals surface area contributed by atoms with Crippen molar-refractivity contribution in [2.75, 3.05) is 66.1 Å². The van der Waals surface area contributed by atoms with Crippen LogP contribution in [0.1, 0.15) is 33.6 Å². The van der Waals surface area contributed by atoms with Gasteiger partial charge in [-0.2, -0.15) is 0 Å². The van der Waals surface area contributed by atoms with Crippen LogP contribution in [0, 0.1) is 10.8 Å². The average molecular weight is 443 g/mol. The van der Waals surface area contributed by atoms with Crippen molar-refractivity contribution < 1.29 is 38.0 Å². The Balaban J connectivity index is 0.000000311. The van der Waals surface area contributed by atoms with Gasteiger partial charge in [-0.3, -0.25) is 0 Å². The van der Waals surface area contributed by atoms with Crippen LogP contribution < -0.4 is 0 Å². The number of rotatable bonds is 8. The second-order valence-electron chi connectivity index (χ2n) is 8.09. The lowest BCUT2D eigenvalue weighted by atomic mass is 9.88. The molecule has 0 N–H and O–H groups in total. The SMILES string of the molecule is C=C(C)C(=O)OCC1(CC)COCCOC1.C=CC(=O)OCC1(CC)COCCOC1. The van der Waals surface area contributed by atoms with Crippen LogP contribution in [0.5, 0.6) is 0 Å². The van der Waals surface area contributed by atoms with E-state index in [-0.39, 0.29) is 16.8 Å². The topological polar surface area (TPSA) is 89.5 Å². The zero-order valence-electron chi connectivity index (χ0n) is 19.2. The third-order valence-corrected chi connectivity index (χ3v) is 5.42. The molecule has 2 saturated heterocycles. The Morgan fingerprint density at radius 1 is 0.839 bits per heavy atom. The summed E-state index contributed by atoms with van der Waals surface area (Å²) in [5.74, 6) is -0.746. The third kappa shape index (κ3) is 9.95. The standard InChI is InChI=1S/C12H20O4.C11H18O4/c1-4-12(7-14-5-6-15-8-12)9-16-11(13)10(2)3;1-3-10(12)15-9-11(4-2)7-13-5-6-14-8-11/h2,4-9H2,1,3H3;3H,1,4-9H2,2H3. The minimum Gasteiger partial charge on any atom is -0.462 e. The van der Waals surface area contributed by atoms with E-state index in [1.54, 1.807) is 6.92 Å². The lowest BCUT2D eigenvalue weighted by molar-refractivity contribution is -0.145. The quantitative estimate of drug-likeness (QED) is 0.419. The molecule has 0 aromatic rings. The molecule has 8 nitrogen and oxygen atoms in total. The number of hydrogen-bond donors (Lipinski definition) is 0. The molecule has 0 saturated carbocycles. The van der Waals surface area contributed by atoms with Crippen LogP contribution in [0.4, 0.5) is 0 Å². The summed E-state index contributed by atoms with van der Waals surface area (Å²) in [5, 5.41) is 0. The fraction of sp³-hybridized carbons (Fsp3) is 0.739. The van der Waals surface area contributed by atoms with Crippen molar-refractivity contribution in [3.63, 3.8) is 0 Å². The molecule has 0 aliphatic carbocycles. The number of carbonyl (C=O) groups is 2. The van der Waals surface area contributed by atoms with Crippen LogP contribution in [0.25, 0.3) is 0 Å². The second-order valence-corrected chi connectivity index (χ2v) is 8.09. The maximum atomic E-state index is 11.3. The lowest BCUT2D eigenvalue weighted by Gasteiger charge is -2.29. The van der Waals surface area contributed by atoms with Gasteiger partial charge in [-0.1, -0.05) is 27.0 Å². The molecule has 2 aliphatic heterocycles. The van der Waals surface area contributed by atoms with Crippen molar-refractivity contribution in [3.05, 3.63) is 24.8 Å². The van der Waals surface area contributed by atoms with E-state index in [2.05, 4.69) is 13.2 Å². The summed E-state index contributed by atoms with van der Waals surface area (Å²) in [6.07, 6.45) is 2.88. The highest BCUT2D eigenvalue weighted by Crippen LogP contribution is 2.26. The maximum Gasteiger partial charge on any atom is 0.333 e. The molecule has 0 aromatic heterocycles. The molecular formula is C23H38O8. The van der Waals surface area contributed by atoms with E-state index in [9.17, 15) is 9.59 Å². The Hall–Kier alpha value is -1.74. The highest BCUT2D eigenvalue weighted by Gasteiger charge is 2.33. The summed E-state index contributed by atoms with van der Waals surface area (Å²) in [6, 6.07) is 0. The highest BCUT2D eigenvalue weighted by molar-refractivity contribution is 5.86. The summed E-state index contributed by atoms with van der Waals surface area (Å²) >= 11 is 0. The van der Waals surface area contributed by atoms with Gasteiger partial charge in [0.05, 0.1) is 63.7 Å². The second kappa shape index (κ2) is 14.3. The monoisotopic (exact) mass is 442 g/mol. The molecule has 2 aliphatic rings. The number of hydrogen-bond acceptors (Lipinski definition) is 8. The lowest BCUT2D eigenvalue weighted by Crippen LogP contribution is -2.36. The molecule has 0 radical (unpaired) electrons. The Kier molecular flexibility index (Phi) is 12.6. The van der Waals surface area contributed by atoms with Crippen molar-refractivity contribution >= 4 is 11.9 Å². The summed E-state index contributed by atoms with van der Waals surface area (Å²) < 4.78 is 32.0. The maximum absolute atomic E-state index is 11.3. The molecule has 2 fully saturated rings. The first-order valence-corrected chi connectivity index (χ1v) is 10.7. The van der Waals surface area contributed by atoms with Gasteiger partial charge in [0.1, 0.15) is 13.2 Å². The average Bonchev–Trinajstić information content (AvgIpc) is 3.18. The summed E-state index contributed by atoms with van der Waals surface area (Å²) in [7, 11) is 0. The molecule has 0 atom stereocenters. The van der Waals surface area contributed by atoms with E-state index < -0.39 is 5.97 Å². The molecule has 178 valence electrons. The Bertz CT molecular complexity index is 570. The van der Waals surface area contributed by atoms with Gasteiger partial charge in [0.25, 0.3) is 0 Å². The molecule has 8 heteroatoms. The van der Waals surface area contributed by atoms with E-state index in [4.69, 9.17) is 28.4 Å².